The Morgan fingerprint density at radius 2 is 1.55 bits per heavy atom. The molecule has 3 saturated heterocycles. The number of hydrogen-bond acceptors (Lipinski definition) is 4. The summed E-state index contributed by atoms with van der Waals surface area (Å²) in [6.07, 6.45) is 4.66. The molecule has 3 fully saturated rings. The first kappa shape index (κ1) is 14.7. The monoisotopic (exact) mass is 303 g/mol. The summed E-state index contributed by atoms with van der Waals surface area (Å²) in [6.45, 7) is 6.11. The van der Waals surface area contributed by atoms with Gasteiger partial charge in [-0.15, -0.1) is 0 Å². The smallest absolute Gasteiger partial charge is 0.282 e. The van der Waals surface area contributed by atoms with Gasteiger partial charge in [0.15, 0.2) is 0 Å². The Hall–Kier alpha value is -0.210. The normalized spacial score (nSPS) is 31.1. The molecule has 3 aliphatic rings. The van der Waals surface area contributed by atoms with E-state index in [0.29, 0.717) is 32.3 Å². The quantitative estimate of drug-likeness (QED) is 0.740. The zero-order valence-corrected chi connectivity index (χ0v) is 12.9. The molecule has 3 heterocycles. The Labute approximate surface area is 121 Å². The third-order valence-electron chi connectivity index (χ3n) is 4.53. The van der Waals surface area contributed by atoms with Crippen molar-refractivity contribution in [2.24, 2.45) is 0 Å². The van der Waals surface area contributed by atoms with Crippen LogP contribution in [-0.4, -0.2) is 80.5 Å². The number of ether oxygens (including phenoxy) is 1. The topological polar surface area (TPSA) is 53.1 Å². The molecule has 1 atom stereocenters. The van der Waals surface area contributed by atoms with Crippen molar-refractivity contribution in [3.8, 4) is 0 Å². The van der Waals surface area contributed by atoms with E-state index in [1.54, 1.807) is 8.61 Å². The van der Waals surface area contributed by atoms with Crippen LogP contribution in [0, 0.1) is 0 Å². The molecule has 7 heteroatoms. The summed E-state index contributed by atoms with van der Waals surface area (Å²) in [7, 11) is -3.20. The second kappa shape index (κ2) is 6.27. The first-order chi connectivity index (χ1) is 9.66. The van der Waals surface area contributed by atoms with E-state index in [1.165, 1.54) is 0 Å². The number of rotatable bonds is 4. The predicted octanol–water partition coefficient (Wildman–Crippen LogP) is 0.124. The highest BCUT2D eigenvalue weighted by molar-refractivity contribution is 7.86. The van der Waals surface area contributed by atoms with E-state index < -0.39 is 10.2 Å². The molecule has 3 rings (SSSR count). The zero-order chi connectivity index (χ0) is 14.0. The minimum atomic E-state index is -3.20. The van der Waals surface area contributed by atoms with Crippen LogP contribution in [0.1, 0.15) is 25.7 Å². The fourth-order valence-electron chi connectivity index (χ4n) is 3.30. The van der Waals surface area contributed by atoms with Crippen molar-refractivity contribution in [2.45, 2.75) is 31.8 Å². The summed E-state index contributed by atoms with van der Waals surface area (Å²) in [5, 5.41) is 0. The highest BCUT2D eigenvalue weighted by Gasteiger charge is 2.34. The molecule has 0 aromatic rings. The molecule has 0 aliphatic carbocycles. The second-order valence-corrected chi connectivity index (χ2v) is 7.88. The molecule has 6 nitrogen and oxygen atoms in total. The van der Waals surface area contributed by atoms with Gasteiger partial charge in [-0.25, -0.2) is 0 Å². The van der Waals surface area contributed by atoms with Gasteiger partial charge in [0.25, 0.3) is 10.2 Å². The molecule has 0 aromatic carbocycles. The Balaban J connectivity index is 1.50. The number of hydrogen-bond donors (Lipinski definition) is 0. The van der Waals surface area contributed by atoms with Crippen molar-refractivity contribution >= 4 is 10.2 Å². The minimum absolute atomic E-state index is 0.358. The largest absolute Gasteiger partial charge is 0.377 e. The summed E-state index contributed by atoms with van der Waals surface area (Å²) in [6, 6.07) is 0. The van der Waals surface area contributed by atoms with Gasteiger partial charge in [0.05, 0.1) is 6.10 Å². The van der Waals surface area contributed by atoms with Crippen LogP contribution in [0.15, 0.2) is 0 Å². The van der Waals surface area contributed by atoms with E-state index >= 15 is 0 Å². The second-order valence-electron chi connectivity index (χ2n) is 5.95. The third kappa shape index (κ3) is 3.17. The van der Waals surface area contributed by atoms with Crippen LogP contribution in [0.4, 0.5) is 0 Å². The molecule has 0 unspecified atom stereocenters. The van der Waals surface area contributed by atoms with E-state index in [4.69, 9.17) is 4.74 Å². The van der Waals surface area contributed by atoms with Gasteiger partial charge in [0.2, 0.25) is 0 Å². The van der Waals surface area contributed by atoms with Crippen LogP contribution in [0.3, 0.4) is 0 Å². The van der Waals surface area contributed by atoms with Gasteiger partial charge in [-0.3, -0.25) is 4.90 Å². The number of piperazine rings is 1. The lowest BCUT2D eigenvalue weighted by atomic mass is 10.2. The molecule has 0 spiro atoms. The lowest BCUT2D eigenvalue weighted by Crippen LogP contribution is -2.53. The van der Waals surface area contributed by atoms with Crippen LogP contribution in [-0.2, 0) is 14.9 Å². The number of nitrogens with zero attached hydrogens (tertiary/aromatic N) is 3. The maximum Gasteiger partial charge on any atom is 0.282 e. The van der Waals surface area contributed by atoms with Gasteiger partial charge in [0.1, 0.15) is 0 Å². The minimum Gasteiger partial charge on any atom is -0.377 e. The molecule has 3 aliphatic heterocycles. The van der Waals surface area contributed by atoms with Gasteiger partial charge in [-0.1, -0.05) is 0 Å². The maximum atomic E-state index is 12.4. The summed E-state index contributed by atoms with van der Waals surface area (Å²) < 4.78 is 33.8. The molecular formula is C13H25N3O3S. The van der Waals surface area contributed by atoms with Gasteiger partial charge >= 0.3 is 0 Å². The van der Waals surface area contributed by atoms with Crippen molar-refractivity contribution in [3.63, 3.8) is 0 Å². The highest BCUT2D eigenvalue weighted by atomic mass is 32.2. The molecule has 116 valence electrons. The predicted molar refractivity (Wildman–Crippen MR) is 76.7 cm³/mol. The molecule has 0 bridgehead atoms. The van der Waals surface area contributed by atoms with E-state index in [0.717, 1.165) is 51.9 Å². The summed E-state index contributed by atoms with van der Waals surface area (Å²) >= 11 is 0. The van der Waals surface area contributed by atoms with Crippen molar-refractivity contribution in [1.29, 1.82) is 0 Å². The van der Waals surface area contributed by atoms with E-state index in [1.807, 2.05) is 0 Å². The van der Waals surface area contributed by atoms with Crippen LogP contribution < -0.4 is 0 Å². The van der Waals surface area contributed by atoms with Gasteiger partial charge in [-0.05, 0) is 25.7 Å². The lowest BCUT2D eigenvalue weighted by Gasteiger charge is -2.36. The molecular weight excluding hydrogens is 278 g/mol. The van der Waals surface area contributed by atoms with Crippen LogP contribution in [0.5, 0.6) is 0 Å². The summed E-state index contributed by atoms with van der Waals surface area (Å²) in [5.41, 5.74) is 0. The highest BCUT2D eigenvalue weighted by Crippen LogP contribution is 2.19. The van der Waals surface area contributed by atoms with Crippen molar-refractivity contribution in [1.82, 2.24) is 13.5 Å². The SMILES string of the molecule is O=S(=O)(N1CCCC1)N1CCN(C[C@@H]2CCCO2)CC1. The lowest BCUT2D eigenvalue weighted by molar-refractivity contribution is 0.0611. The third-order valence-corrected chi connectivity index (χ3v) is 6.57. The average molecular weight is 303 g/mol. The molecule has 0 aromatic heterocycles. The van der Waals surface area contributed by atoms with Gasteiger partial charge in [0, 0.05) is 52.4 Å². The molecule has 0 amide bonds. The van der Waals surface area contributed by atoms with Gasteiger partial charge in [-0.2, -0.15) is 17.0 Å². The maximum absolute atomic E-state index is 12.4. The van der Waals surface area contributed by atoms with Crippen LogP contribution in [0.25, 0.3) is 0 Å². The molecule has 0 saturated carbocycles. The average Bonchev–Trinajstić information content (AvgIpc) is 3.12. The Morgan fingerprint density at radius 3 is 2.15 bits per heavy atom. The van der Waals surface area contributed by atoms with E-state index in [2.05, 4.69) is 4.90 Å². The summed E-state index contributed by atoms with van der Waals surface area (Å²) in [5.74, 6) is 0. The molecule has 20 heavy (non-hydrogen) atoms. The van der Waals surface area contributed by atoms with Crippen molar-refractivity contribution in [2.75, 3.05) is 52.4 Å². The first-order valence-corrected chi connectivity index (χ1v) is 9.15. The Bertz CT molecular complexity index is 409. The summed E-state index contributed by atoms with van der Waals surface area (Å²) in [4.78, 5) is 2.34. The van der Waals surface area contributed by atoms with E-state index in [9.17, 15) is 8.42 Å². The fraction of sp³-hybridized carbons (Fsp3) is 1.00. The zero-order valence-electron chi connectivity index (χ0n) is 12.0. The standard InChI is InChI=1S/C13H25N3O3S/c17-20(18,15-5-1-2-6-15)16-9-7-14(8-10-16)12-13-4-3-11-19-13/h13H,1-12H2/t13-/m0/s1. The molecule has 0 radical (unpaired) electrons. The Morgan fingerprint density at radius 1 is 0.900 bits per heavy atom. The fourth-order valence-corrected chi connectivity index (χ4v) is 4.97. The van der Waals surface area contributed by atoms with Crippen LogP contribution in [0.2, 0.25) is 0 Å². The first-order valence-electron chi connectivity index (χ1n) is 7.75. The van der Waals surface area contributed by atoms with Gasteiger partial charge < -0.3 is 4.74 Å². The van der Waals surface area contributed by atoms with Crippen molar-refractivity contribution < 1.29 is 13.2 Å². The molecule has 0 N–H and O–H groups in total. The Kier molecular flexibility index (Phi) is 4.62. The van der Waals surface area contributed by atoms with Crippen LogP contribution >= 0.6 is 0 Å². The van der Waals surface area contributed by atoms with E-state index in [-0.39, 0.29) is 0 Å². The van der Waals surface area contributed by atoms with Crippen molar-refractivity contribution in [3.05, 3.63) is 0 Å².